The summed E-state index contributed by atoms with van der Waals surface area (Å²) in [7, 11) is 0. The number of nitrogens with one attached hydrogen (secondary N) is 2. The summed E-state index contributed by atoms with van der Waals surface area (Å²) in [6.07, 6.45) is 5.64. The number of hydrogen-bond acceptors (Lipinski definition) is 16. The van der Waals surface area contributed by atoms with Gasteiger partial charge in [-0.2, -0.15) is 10.2 Å². The number of nitriles is 1. The van der Waals surface area contributed by atoms with Crippen molar-refractivity contribution in [2.75, 3.05) is 51.8 Å². The number of amides is 3. The highest BCUT2D eigenvalue weighted by Gasteiger charge is 2.50. The summed E-state index contributed by atoms with van der Waals surface area (Å²) >= 11 is 2.58. The number of benzene rings is 2. The van der Waals surface area contributed by atoms with Gasteiger partial charge >= 0.3 is 6.01 Å². The van der Waals surface area contributed by atoms with Crippen LogP contribution in [0.3, 0.4) is 0 Å². The largest absolute Gasteiger partial charge is 0.461 e. The van der Waals surface area contributed by atoms with Crippen molar-refractivity contribution < 1.29 is 38.1 Å². The number of ether oxygens (including phenoxy) is 3. The Hall–Kier alpha value is -6.41. The van der Waals surface area contributed by atoms with Crippen LogP contribution in [0, 0.1) is 29.5 Å². The van der Waals surface area contributed by atoms with Gasteiger partial charge in [-0.15, -0.1) is 22.7 Å². The maximum Gasteiger partial charge on any atom is 0.316 e. The molecule has 3 aliphatic heterocycles. The fourth-order valence-corrected chi connectivity index (χ4v) is 12.8. The molecule has 0 bridgehead atoms. The van der Waals surface area contributed by atoms with E-state index >= 15 is 4.39 Å². The summed E-state index contributed by atoms with van der Waals surface area (Å²) in [5.74, 6) is -1.64. The Labute approximate surface area is 447 Å². The number of nitrogen functional groups attached to an aromatic ring is 1. The first kappa shape index (κ1) is 53.0. The number of anilines is 1. The number of likely N-dealkylation sites (tertiary alicyclic amines) is 1. The maximum atomic E-state index is 15.0. The number of carbonyl (C=O) groups is 3. The molecule has 1 aliphatic carbocycles. The summed E-state index contributed by atoms with van der Waals surface area (Å²) in [5, 5.41) is 27.4. The van der Waals surface area contributed by atoms with E-state index in [0.717, 1.165) is 78.2 Å². The smallest absolute Gasteiger partial charge is 0.316 e. The number of hydrogen-bond donors (Lipinski definition) is 4. The van der Waals surface area contributed by atoms with Crippen molar-refractivity contribution in [2.45, 2.75) is 121 Å². The van der Waals surface area contributed by atoms with E-state index in [1.165, 1.54) is 17.2 Å². The highest BCUT2D eigenvalue weighted by atomic mass is 32.1. The molecule has 0 spiro atoms. The average Bonchev–Trinajstić information content (AvgIpc) is 3.70. The molecule has 0 unspecified atom stereocenters. The minimum Gasteiger partial charge on any atom is -0.461 e. The number of nitrogens with zero attached hydrogens (tertiary/aromatic N) is 7. The van der Waals surface area contributed by atoms with Crippen LogP contribution in [0.15, 0.2) is 59.0 Å². The van der Waals surface area contributed by atoms with Gasteiger partial charge in [-0.05, 0) is 86.7 Å². The van der Waals surface area contributed by atoms with Crippen molar-refractivity contribution in [2.24, 2.45) is 5.41 Å². The van der Waals surface area contributed by atoms with E-state index in [1.54, 1.807) is 28.0 Å². The molecule has 10 rings (SSSR count). The van der Waals surface area contributed by atoms with E-state index in [9.17, 15) is 29.5 Å². The van der Waals surface area contributed by atoms with Crippen LogP contribution < -0.4 is 26.7 Å². The summed E-state index contributed by atoms with van der Waals surface area (Å²) in [5.41, 5.74) is 11.3. The standard InChI is InChI=1S/C55H63FN10O8S2/c1-31-46(75-30-61-31)33-9-7-32(8-10-33)25-59-50(69)43-21-35(67)27-65(43)52(71)48(54(2,3)4)63-44(68)15-20-72-18-6-19-73-36-23-55(16-5-17-64(55)28-36)29-74-53-60-26-39-41(62-53)22-42(66(51(39)70)34-11-12-34)37-13-14-40(56)47-45(37)38(24-57)49(58)76-47/h7-10,13-14,22,26,30,34-36,43,48,67H,5-6,11-12,15-21,23,25,27-29,58H2,1-4H3,(H,59,69)(H,63,68)/t35-,36-,43+,48-,55+/m1/s1. The van der Waals surface area contributed by atoms with Crippen LogP contribution in [-0.2, 0) is 30.4 Å². The first-order valence-corrected chi connectivity index (χ1v) is 27.7. The normalized spacial score (nSPS) is 21.0. The minimum absolute atomic E-state index is 0.0149. The molecular weight excluding hydrogens is 1010 g/mol. The number of carbonyl (C=O) groups excluding carboxylic acids is 3. The molecule has 3 amide bonds. The van der Waals surface area contributed by atoms with Gasteiger partial charge in [0.25, 0.3) is 5.56 Å². The lowest BCUT2D eigenvalue weighted by molar-refractivity contribution is -0.144. The quantitative estimate of drug-likeness (QED) is 0.0622. The van der Waals surface area contributed by atoms with Crippen molar-refractivity contribution in [3.63, 3.8) is 0 Å². The lowest BCUT2D eigenvalue weighted by atomic mass is 9.85. The van der Waals surface area contributed by atoms with Crippen LogP contribution in [0.5, 0.6) is 6.01 Å². The van der Waals surface area contributed by atoms with Gasteiger partial charge in [-0.3, -0.25) is 24.1 Å². The van der Waals surface area contributed by atoms with Gasteiger partial charge in [-0.25, -0.2) is 14.4 Å². The van der Waals surface area contributed by atoms with E-state index < -0.39 is 35.3 Å². The second-order valence-electron chi connectivity index (χ2n) is 21.6. The van der Waals surface area contributed by atoms with Crippen LogP contribution in [-0.4, -0.2) is 128 Å². The zero-order chi connectivity index (χ0) is 53.5. The molecule has 0 radical (unpaired) electrons. The first-order chi connectivity index (χ1) is 36.5. The lowest BCUT2D eigenvalue weighted by Gasteiger charge is -2.35. The van der Waals surface area contributed by atoms with Crippen LogP contribution >= 0.6 is 22.7 Å². The number of rotatable bonds is 19. The molecule has 4 aliphatic rings. The molecule has 4 aromatic heterocycles. The van der Waals surface area contributed by atoms with Crippen molar-refractivity contribution in [1.82, 2.24) is 40.0 Å². The number of halogens is 1. The summed E-state index contributed by atoms with van der Waals surface area (Å²) in [6, 6.07) is 13.0. The van der Waals surface area contributed by atoms with Crippen LogP contribution in [0.4, 0.5) is 9.39 Å². The zero-order valence-electron chi connectivity index (χ0n) is 43.1. The number of nitrogens with two attached hydrogens (primary N) is 1. The summed E-state index contributed by atoms with van der Waals surface area (Å²) in [4.78, 5) is 73.3. The monoisotopic (exact) mass is 1070 g/mol. The van der Waals surface area contributed by atoms with Gasteiger partial charge in [0, 0.05) is 68.9 Å². The van der Waals surface area contributed by atoms with Gasteiger partial charge in [0.2, 0.25) is 17.7 Å². The Balaban J connectivity index is 0.683. The Morgan fingerprint density at radius 1 is 1.09 bits per heavy atom. The van der Waals surface area contributed by atoms with Gasteiger partial charge in [0.15, 0.2) is 0 Å². The second kappa shape index (κ2) is 21.9. The van der Waals surface area contributed by atoms with Crippen molar-refractivity contribution >= 4 is 66.4 Å². The number of aliphatic hydroxyl groups excluding tert-OH is 1. The molecule has 4 fully saturated rings. The van der Waals surface area contributed by atoms with Gasteiger partial charge in [0.1, 0.15) is 35.6 Å². The van der Waals surface area contributed by atoms with Gasteiger partial charge in [-0.1, -0.05) is 45.0 Å². The number of pyridine rings is 1. The fraction of sp³-hybridized carbons (Fsp3) is 0.491. The lowest BCUT2D eigenvalue weighted by Crippen LogP contribution is -2.57. The molecule has 76 heavy (non-hydrogen) atoms. The molecule has 2 aromatic carbocycles. The van der Waals surface area contributed by atoms with Crippen LogP contribution in [0.25, 0.3) is 42.7 Å². The predicted molar refractivity (Wildman–Crippen MR) is 287 cm³/mol. The van der Waals surface area contributed by atoms with E-state index in [-0.39, 0.29) is 88.9 Å². The van der Waals surface area contributed by atoms with Crippen molar-refractivity contribution in [3.8, 4) is 33.8 Å². The maximum absolute atomic E-state index is 15.0. The molecule has 1 saturated carbocycles. The van der Waals surface area contributed by atoms with E-state index in [0.29, 0.717) is 53.8 Å². The molecule has 7 heterocycles. The summed E-state index contributed by atoms with van der Waals surface area (Å²) in [6.45, 7) is 10.7. The highest BCUT2D eigenvalue weighted by molar-refractivity contribution is 7.23. The third kappa shape index (κ3) is 10.9. The number of thiophene rings is 1. The summed E-state index contributed by atoms with van der Waals surface area (Å²) < 4.78 is 35.5. The molecule has 5 N–H and O–H groups in total. The van der Waals surface area contributed by atoms with E-state index in [1.807, 2.05) is 57.5 Å². The predicted octanol–water partition coefficient (Wildman–Crippen LogP) is 6.64. The number of fused-ring (bicyclic) bond motifs is 3. The number of β-amino-alcohol motifs (C(OH)–C–C–N with tert-alkyl or cyclic N) is 1. The van der Waals surface area contributed by atoms with Gasteiger partial charge in [0.05, 0.1) is 67.3 Å². The molecule has 21 heteroatoms. The SMILES string of the molecule is Cc1ncsc1-c1ccc(CNC(=O)[C@@H]2C[C@@H](O)CN2C(=O)[C@@H](NC(=O)CCOCCCO[C@H]2CN3CCC[C@@]3(COc3ncc4c(=O)n(C5CC5)c(-c5ccc(F)c6sc(N)c(C#N)c56)cc4n3)C2)C(C)(C)C)cc1. The Kier molecular flexibility index (Phi) is 15.3. The number of aromatic nitrogens is 4. The topological polar surface area (TPSA) is 240 Å². The van der Waals surface area contributed by atoms with E-state index in [2.05, 4.69) is 31.6 Å². The number of aliphatic hydroxyl groups is 1. The average molecular weight is 1080 g/mol. The molecule has 5 atom stereocenters. The molecule has 400 valence electrons. The third-order valence-electron chi connectivity index (χ3n) is 15.1. The number of aryl methyl sites for hydroxylation is 1. The molecule has 6 aromatic rings. The second-order valence-corrected chi connectivity index (χ2v) is 23.5. The van der Waals surface area contributed by atoms with Crippen molar-refractivity contribution in [1.29, 1.82) is 5.26 Å². The number of thiazole rings is 1. The Morgan fingerprint density at radius 3 is 2.63 bits per heavy atom. The molecular formula is C55H63FN10O8S2. The minimum atomic E-state index is -0.944. The van der Waals surface area contributed by atoms with Gasteiger partial charge < -0.3 is 45.2 Å². The Morgan fingerprint density at radius 2 is 1.89 bits per heavy atom. The highest BCUT2D eigenvalue weighted by Crippen LogP contribution is 2.45. The Bertz CT molecular complexity index is 3270. The zero-order valence-corrected chi connectivity index (χ0v) is 44.7. The first-order valence-electron chi connectivity index (χ1n) is 26.0. The third-order valence-corrected chi connectivity index (χ3v) is 17.1. The van der Waals surface area contributed by atoms with Crippen LogP contribution in [0.2, 0.25) is 0 Å². The van der Waals surface area contributed by atoms with Crippen LogP contribution in [0.1, 0.15) is 95.0 Å². The fourth-order valence-electron chi connectivity index (χ4n) is 11.0. The van der Waals surface area contributed by atoms with Crippen molar-refractivity contribution in [3.05, 3.63) is 87.2 Å². The van der Waals surface area contributed by atoms with E-state index in [4.69, 9.17) is 24.9 Å². The molecule has 3 saturated heterocycles. The molecule has 18 nitrogen and oxygen atoms in total.